The molecule has 19 heavy (non-hydrogen) atoms. The Kier molecular flexibility index (Phi) is 2.73. The third-order valence-corrected chi connectivity index (χ3v) is 4.10. The van der Waals surface area contributed by atoms with Crippen LogP contribution < -0.4 is 10.6 Å². The van der Waals surface area contributed by atoms with Crippen molar-refractivity contribution < 1.29 is 14.3 Å². The number of fused-ring (bicyclic) bond motifs is 1. The van der Waals surface area contributed by atoms with E-state index < -0.39 is 6.09 Å². The minimum absolute atomic E-state index is 0.0780. The Balaban J connectivity index is 1.85. The van der Waals surface area contributed by atoms with Gasteiger partial charge in [0.2, 0.25) is 0 Å². The zero-order chi connectivity index (χ0) is 13.6. The predicted octanol–water partition coefficient (Wildman–Crippen LogP) is 1.60. The fourth-order valence-corrected chi connectivity index (χ4v) is 3.17. The van der Waals surface area contributed by atoms with E-state index in [0.29, 0.717) is 30.4 Å². The zero-order valence-corrected chi connectivity index (χ0v) is 10.4. The second-order valence-electron chi connectivity index (χ2n) is 5.21. The maximum Gasteiger partial charge on any atom is 0.407 e. The number of anilines is 2. The lowest BCUT2D eigenvalue weighted by Crippen LogP contribution is -2.37. The Morgan fingerprint density at radius 1 is 1.42 bits per heavy atom. The van der Waals surface area contributed by atoms with Crippen LogP contribution in [0.3, 0.4) is 0 Å². The summed E-state index contributed by atoms with van der Waals surface area (Å²) in [5.41, 5.74) is 6.47. The van der Waals surface area contributed by atoms with Gasteiger partial charge in [0.1, 0.15) is 5.82 Å². The molecule has 2 aliphatic rings. The van der Waals surface area contributed by atoms with E-state index in [1.807, 2.05) is 4.90 Å². The van der Waals surface area contributed by atoms with E-state index in [9.17, 15) is 9.18 Å². The number of benzene rings is 1. The van der Waals surface area contributed by atoms with Crippen LogP contribution in [0.1, 0.15) is 6.42 Å². The van der Waals surface area contributed by atoms with Gasteiger partial charge in [-0.1, -0.05) is 0 Å². The van der Waals surface area contributed by atoms with E-state index in [2.05, 4.69) is 0 Å². The van der Waals surface area contributed by atoms with Gasteiger partial charge >= 0.3 is 6.09 Å². The van der Waals surface area contributed by atoms with Crippen LogP contribution in [0.25, 0.3) is 0 Å². The number of amides is 1. The summed E-state index contributed by atoms with van der Waals surface area (Å²) in [6.07, 6.45) is 0.00488. The Labute approximate surface area is 110 Å². The van der Waals surface area contributed by atoms with Crippen molar-refractivity contribution in [2.45, 2.75) is 12.5 Å². The zero-order valence-electron chi connectivity index (χ0n) is 10.4. The number of likely N-dealkylation sites (tertiary alicyclic amines) is 1. The summed E-state index contributed by atoms with van der Waals surface area (Å²) in [5, 5.41) is 9.03. The van der Waals surface area contributed by atoms with Gasteiger partial charge in [-0.15, -0.1) is 0 Å². The predicted molar refractivity (Wildman–Crippen MR) is 69.7 cm³/mol. The first-order valence-electron chi connectivity index (χ1n) is 6.36. The number of carboxylic acid groups (broad SMARTS) is 1. The summed E-state index contributed by atoms with van der Waals surface area (Å²) < 4.78 is 14.0. The quantitative estimate of drug-likeness (QED) is 0.757. The number of nitrogen functional groups attached to an aromatic ring is 1. The van der Waals surface area contributed by atoms with Crippen LogP contribution >= 0.6 is 0 Å². The van der Waals surface area contributed by atoms with Gasteiger partial charge in [0, 0.05) is 31.2 Å². The van der Waals surface area contributed by atoms with E-state index in [-0.39, 0.29) is 11.9 Å². The summed E-state index contributed by atoms with van der Waals surface area (Å²) in [4.78, 5) is 14.4. The largest absolute Gasteiger partial charge is 0.465 e. The van der Waals surface area contributed by atoms with Gasteiger partial charge in [-0.05, 0) is 24.6 Å². The van der Waals surface area contributed by atoms with Gasteiger partial charge in [0.25, 0.3) is 0 Å². The molecule has 5 nitrogen and oxygen atoms in total. The first kappa shape index (κ1) is 12.1. The maximum absolute atomic E-state index is 14.0. The lowest BCUT2D eigenvalue weighted by Gasteiger charge is -2.26. The van der Waals surface area contributed by atoms with E-state index in [1.165, 1.54) is 11.0 Å². The molecule has 1 aromatic rings. The Hall–Kier alpha value is -1.98. The van der Waals surface area contributed by atoms with Crippen molar-refractivity contribution >= 4 is 17.5 Å². The first-order valence-corrected chi connectivity index (χ1v) is 6.36. The molecule has 0 aliphatic carbocycles. The highest BCUT2D eigenvalue weighted by atomic mass is 19.1. The molecule has 102 valence electrons. The van der Waals surface area contributed by atoms with Crippen molar-refractivity contribution in [1.82, 2.24) is 4.90 Å². The summed E-state index contributed by atoms with van der Waals surface area (Å²) in [6.45, 7) is 1.76. The molecule has 2 heterocycles. The second kappa shape index (κ2) is 4.29. The van der Waals surface area contributed by atoms with Crippen molar-refractivity contribution in [2.75, 3.05) is 30.3 Å². The monoisotopic (exact) mass is 265 g/mol. The SMILES string of the molecule is Nc1ccc(N2CC[C@H]3CN(C(=O)O)C[C@H]32)c(F)c1. The second-order valence-corrected chi connectivity index (χ2v) is 5.21. The standard InChI is InChI=1S/C13H16FN3O2/c14-10-5-9(15)1-2-11(10)17-4-3-8-6-16(13(18)19)7-12(8)17/h1-2,5,8,12H,3-4,6-7,15H2,(H,18,19)/t8-,12+/m0/s1. The van der Waals surface area contributed by atoms with Crippen molar-refractivity contribution in [2.24, 2.45) is 5.92 Å². The fourth-order valence-electron chi connectivity index (χ4n) is 3.17. The fraction of sp³-hybridized carbons (Fsp3) is 0.462. The van der Waals surface area contributed by atoms with Crippen LogP contribution in [0.2, 0.25) is 0 Å². The van der Waals surface area contributed by atoms with E-state index >= 15 is 0 Å². The molecule has 2 aliphatic heterocycles. The third-order valence-electron chi connectivity index (χ3n) is 4.10. The first-order chi connectivity index (χ1) is 9.06. The average Bonchev–Trinajstić information content (AvgIpc) is 2.89. The minimum Gasteiger partial charge on any atom is -0.465 e. The van der Waals surface area contributed by atoms with Gasteiger partial charge < -0.3 is 20.6 Å². The van der Waals surface area contributed by atoms with E-state index in [1.54, 1.807) is 12.1 Å². The average molecular weight is 265 g/mol. The molecule has 3 N–H and O–H groups in total. The maximum atomic E-state index is 14.0. The molecule has 2 fully saturated rings. The molecule has 0 aromatic heterocycles. The van der Waals surface area contributed by atoms with Crippen molar-refractivity contribution in [3.63, 3.8) is 0 Å². The third kappa shape index (κ3) is 1.97. The normalized spacial score (nSPS) is 25.7. The molecule has 0 bridgehead atoms. The molecule has 1 aromatic carbocycles. The van der Waals surface area contributed by atoms with Crippen molar-refractivity contribution in [3.05, 3.63) is 24.0 Å². The van der Waals surface area contributed by atoms with Crippen molar-refractivity contribution in [1.29, 1.82) is 0 Å². The topological polar surface area (TPSA) is 69.8 Å². The lowest BCUT2D eigenvalue weighted by molar-refractivity contribution is 0.153. The van der Waals surface area contributed by atoms with E-state index in [0.717, 1.165) is 13.0 Å². The molecule has 0 unspecified atom stereocenters. The number of rotatable bonds is 1. The summed E-state index contributed by atoms with van der Waals surface area (Å²) in [5.74, 6) is -0.0394. The summed E-state index contributed by atoms with van der Waals surface area (Å²) >= 11 is 0. The molecule has 1 amide bonds. The van der Waals surface area contributed by atoms with Crippen LogP contribution in [0.4, 0.5) is 20.6 Å². The molecular formula is C13H16FN3O2. The molecule has 2 saturated heterocycles. The highest BCUT2D eigenvalue weighted by Crippen LogP contribution is 2.36. The number of hydrogen-bond donors (Lipinski definition) is 2. The van der Waals surface area contributed by atoms with Gasteiger partial charge in [-0.2, -0.15) is 0 Å². The van der Waals surface area contributed by atoms with Crippen LogP contribution in [-0.2, 0) is 0 Å². The molecule has 0 saturated carbocycles. The Morgan fingerprint density at radius 2 is 2.21 bits per heavy atom. The number of nitrogens with zero attached hydrogens (tertiary/aromatic N) is 2. The van der Waals surface area contributed by atoms with Gasteiger partial charge in [-0.25, -0.2) is 9.18 Å². The number of carbonyl (C=O) groups is 1. The summed E-state index contributed by atoms with van der Waals surface area (Å²) in [7, 11) is 0. The Morgan fingerprint density at radius 3 is 2.89 bits per heavy atom. The van der Waals surface area contributed by atoms with Crippen LogP contribution in [0, 0.1) is 11.7 Å². The minimum atomic E-state index is -0.896. The van der Waals surface area contributed by atoms with Crippen molar-refractivity contribution in [3.8, 4) is 0 Å². The molecule has 2 atom stereocenters. The number of halogens is 1. The van der Waals surface area contributed by atoms with Gasteiger partial charge in [0.15, 0.2) is 0 Å². The van der Waals surface area contributed by atoms with Gasteiger partial charge in [-0.3, -0.25) is 0 Å². The molecule has 6 heteroatoms. The lowest BCUT2D eigenvalue weighted by atomic mass is 10.0. The molecular weight excluding hydrogens is 249 g/mol. The van der Waals surface area contributed by atoms with Gasteiger partial charge in [0.05, 0.1) is 11.7 Å². The molecule has 3 rings (SSSR count). The smallest absolute Gasteiger partial charge is 0.407 e. The number of hydrogen-bond acceptors (Lipinski definition) is 3. The summed E-state index contributed by atoms with van der Waals surface area (Å²) in [6, 6.07) is 4.74. The van der Waals surface area contributed by atoms with Crippen LogP contribution in [-0.4, -0.2) is 41.8 Å². The Bertz CT molecular complexity index is 523. The van der Waals surface area contributed by atoms with E-state index in [4.69, 9.17) is 10.8 Å². The molecule has 0 radical (unpaired) electrons. The molecule has 0 spiro atoms. The van der Waals surface area contributed by atoms with Crippen LogP contribution in [0.5, 0.6) is 0 Å². The number of nitrogens with two attached hydrogens (primary N) is 1. The van der Waals surface area contributed by atoms with Crippen LogP contribution in [0.15, 0.2) is 18.2 Å². The highest BCUT2D eigenvalue weighted by Gasteiger charge is 2.43. The highest BCUT2D eigenvalue weighted by molar-refractivity contribution is 5.66.